The number of carbonyl (C=O) groups excluding carboxylic acids is 1. The lowest BCUT2D eigenvalue weighted by Gasteiger charge is -2.25. The predicted octanol–water partition coefficient (Wildman–Crippen LogP) is 5.96. The molecule has 6 nitrogen and oxygen atoms in total. The lowest BCUT2D eigenvalue weighted by atomic mass is 9.81. The summed E-state index contributed by atoms with van der Waals surface area (Å²) in [6, 6.07) is 13.8. The summed E-state index contributed by atoms with van der Waals surface area (Å²) in [7, 11) is 0. The number of piperidine rings is 1. The first-order chi connectivity index (χ1) is 17.4. The molecule has 0 aliphatic carbocycles. The van der Waals surface area contributed by atoms with Gasteiger partial charge >= 0.3 is 0 Å². The third kappa shape index (κ3) is 7.14. The molecule has 0 radical (unpaired) electrons. The Morgan fingerprint density at radius 2 is 1.94 bits per heavy atom. The molecule has 0 bridgehead atoms. The summed E-state index contributed by atoms with van der Waals surface area (Å²) in [6.45, 7) is 9.64. The van der Waals surface area contributed by atoms with Crippen molar-refractivity contribution >= 4 is 17.4 Å². The summed E-state index contributed by atoms with van der Waals surface area (Å²) in [5.41, 5.74) is 5.16. The van der Waals surface area contributed by atoms with Crippen LogP contribution in [0.5, 0.6) is 0 Å². The molecule has 3 aromatic rings. The van der Waals surface area contributed by atoms with E-state index in [9.17, 15) is 4.79 Å². The van der Waals surface area contributed by atoms with E-state index in [1.54, 1.807) is 30.7 Å². The Balaban J connectivity index is 1.45. The van der Waals surface area contributed by atoms with Crippen LogP contribution in [0.1, 0.15) is 73.5 Å². The van der Waals surface area contributed by atoms with Gasteiger partial charge in [-0.3, -0.25) is 9.78 Å². The molecule has 1 saturated heterocycles. The van der Waals surface area contributed by atoms with E-state index in [1.807, 2.05) is 18.2 Å². The zero-order chi connectivity index (χ0) is 25.4. The molecule has 3 heterocycles. The second-order valence-electron chi connectivity index (χ2n) is 10.8. The fourth-order valence-corrected chi connectivity index (χ4v) is 4.98. The van der Waals surface area contributed by atoms with Crippen molar-refractivity contribution in [3.8, 4) is 0 Å². The van der Waals surface area contributed by atoms with Gasteiger partial charge in [0.25, 0.3) is 5.91 Å². The molecule has 1 aliphatic heterocycles. The average molecular weight is 486 g/mol. The van der Waals surface area contributed by atoms with E-state index >= 15 is 0 Å². The number of benzene rings is 1. The molecule has 6 heteroatoms. The van der Waals surface area contributed by atoms with Gasteiger partial charge in [0.05, 0.1) is 5.56 Å². The summed E-state index contributed by atoms with van der Waals surface area (Å²) in [5, 5.41) is 9.94. The van der Waals surface area contributed by atoms with E-state index in [2.05, 4.69) is 58.8 Å². The minimum Gasteiger partial charge on any atom is -0.365 e. The normalized spacial score (nSPS) is 15.9. The van der Waals surface area contributed by atoms with E-state index in [0.29, 0.717) is 17.9 Å². The minimum atomic E-state index is -0.164. The van der Waals surface area contributed by atoms with Crippen LogP contribution < -0.4 is 16.0 Å². The molecule has 3 N–H and O–H groups in total. The number of anilines is 2. The number of aryl methyl sites for hydroxylation is 1. The van der Waals surface area contributed by atoms with Gasteiger partial charge in [0.2, 0.25) is 0 Å². The molecule has 1 unspecified atom stereocenters. The van der Waals surface area contributed by atoms with Gasteiger partial charge in [0.15, 0.2) is 0 Å². The largest absolute Gasteiger partial charge is 0.365 e. The van der Waals surface area contributed by atoms with Crippen LogP contribution in [0.3, 0.4) is 0 Å². The maximum atomic E-state index is 13.3. The molecule has 190 valence electrons. The number of carbonyl (C=O) groups is 1. The highest BCUT2D eigenvalue weighted by Gasteiger charge is 2.20. The first-order valence-electron chi connectivity index (χ1n) is 13.1. The zero-order valence-corrected chi connectivity index (χ0v) is 21.8. The topological polar surface area (TPSA) is 78.9 Å². The number of nitrogens with one attached hydrogen (secondary N) is 3. The van der Waals surface area contributed by atoms with Crippen LogP contribution in [0, 0.1) is 5.92 Å². The molecule has 4 rings (SSSR count). The average Bonchev–Trinajstić information content (AvgIpc) is 2.88. The fourth-order valence-electron chi connectivity index (χ4n) is 4.98. The van der Waals surface area contributed by atoms with Gasteiger partial charge in [-0.25, -0.2) is 4.98 Å². The van der Waals surface area contributed by atoms with Gasteiger partial charge in [0.1, 0.15) is 5.82 Å². The summed E-state index contributed by atoms with van der Waals surface area (Å²) in [6.07, 6.45) is 11.3. The molecule has 1 fully saturated rings. The smallest absolute Gasteiger partial charge is 0.259 e. The molecule has 2 aromatic heterocycles. The zero-order valence-electron chi connectivity index (χ0n) is 21.8. The molecular weight excluding hydrogens is 446 g/mol. The fraction of sp³-hybridized carbons (Fsp3) is 0.433. The van der Waals surface area contributed by atoms with Crippen molar-refractivity contribution in [1.82, 2.24) is 15.3 Å². The Hall–Kier alpha value is -3.25. The Morgan fingerprint density at radius 1 is 1.11 bits per heavy atom. The maximum absolute atomic E-state index is 13.3. The highest BCUT2D eigenvalue weighted by molar-refractivity contribution is 6.07. The van der Waals surface area contributed by atoms with Crippen LogP contribution in [0.4, 0.5) is 11.5 Å². The quantitative estimate of drug-likeness (QED) is 0.348. The molecule has 36 heavy (non-hydrogen) atoms. The number of hydrogen-bond donors (Lipinski definition) is 3. The number of hydrogen-bond acceptors (Lipinski definition) is 5. The van der Waals surface area contributed by atoms with Crippen molar-refractivity contribution in [2.75, 3.05) is 23.7 Å². The highest BCUT2D eigenvalue weighted by Crippen LogP contribution is 2.30. The third-order valence-electron chi connectivity index (χ3n) is 6.89. The molecule has 0 saturated carbocycles. The second kappa shape index (κ2) is 12.1. The standard InChI is InChI=1S/C30H39N5O/c1-30(2,3)27-12-11-25(19-24(27)9-4-7-22-8-5-15-32-20-22)35-29(36)26-10-6-16-33-28(26)34-21-23-13-17-31-18-14-23/h6,10-14,16-19,22,32H,4-5,7-9,15,20-21H2,1-3H3,(H,33,34)(H,35,36). The molecule has 1 aromatic carbocycles. The lowest BCUT2D eigenvalue weighted by Crippen LogP contribution is -2.29. The number of aromatic nitrogens is 2. The van der Waals surface area contributed by atoms with Gasteiger partial charge < -0.3 is 16.0 Å². The van der Waals surface area contributed by atoms with Gasteiger partial charge in [0, 0.05) is 30.8 Å². The van der Waals surface area contributed by atoms with Crippen LogP contribution >= 0.6 is 0 Å². The molecule has 1 atom stereocenters. The molecular formula is C30H39N5O. The van der Waals surface area contributed by atoms with Crippen molar-refractivity contribution in [1.29, 1.82) is 0 Å². The van der Waals surface area contributed by atoms with Crippen molar-refractivity contribution < 1.29 is 4.79 Å². The second-order valence-corrected chi connectivity index (χ2v) is 10.8. The Kier molecular flexibility index (Phi) is 8.70. The van der Waals surface area contributed by atoms with E-state index in [0.717, 1.165) is 36.7 Å². The monoisotopic (exact) mass is 485 g/mol. The van der Waals surface area contributed by atoms with E-state index in [1.165, 1.54) is 36.8 Å². The highest BCUT2D eigenvalue weighted by atomic mass is 16.1. The van der Waals surface area contributed by atoms with Crippen LogP contribution in [0.15, 0.2) is 61.1 Å². The van der Waals surface area contributed by atoms with Crippen molar-refractivity contribution in [2.24, 2.45) is 5.92 Å². The van der Waals surface area contributed by atoms with Crippen LogP contribution in [0.25, 0.3) is 0 Å². The van der Waals surface area contributed by atoms with E-state index < -0.39 is 0 Å². The summed E-state index contributed by atoms with van der Waals surface area (Å²) < 4.78 is 0. The van der Waals surface area contributed by atoms with Gasteiger partial charge in [-0.05, 0) is 110 Å². The van der Waals surface area contributed by atoms with E-state index in [4.69, 9.17) is 0 Å². The number of rotatable bonds is 9. The van der Waals surface area contributed by atoms with Crippen molar-refractivity contribution in [3.63, 3.8) is 0 Å². The summed E-state index contributed by atoms with van der Waals surface area (Å²) in [4.78, 5) is 21.7. The Morgan fingerprint density at radius 3 is 2.69 bits per heavy atom. The summed E-state index contributed by atoms with van der Waals surface area (Å²) in [5.74, 6) is 1.19. The van der Waals surface area contributed by atoms with Crippen LogP contribution in [0.2, 0.25) is 0 Å². The Labute approximate surface area is 215 Å². The molecule has 1 aliphatic rings. The predicted molar refractivity (Wildman–Crippen MR) is 147 cm³/mol. The van der Waals surface area contributed by atoms with Crippen molar-refractivity contribution in [3.05, 3.63) is 83.3 Å². The number of nitrogens with zero attached hydrogens (tertiary/aromatic N) is 2. The van der Waals surface area contributed by atoms with Gasteiger partial charge in [-0.1, -0.05) is 26.8 Å². The van der Waals surface area contributed by atoms with Gasteiger partial charge in [-0.2, -0.15) is 0 Å². The van der Waals surface area contributed by atoms with Crippen LogP contribution in [-0.2, 0) is 18.4 Å². The minimum absolute atomic E-state index is 0.0532. The van der Waals surface area contributed by atoms with E-state index in [-0.39, 0.29) is 11.3 Å². The number of pyridine rings is 2. The molecule has 0 spiro atoms. The van der Waals surface area contributed by atoms with Crippen molar-refractivity contribution in [2.45, 2.75) is 64.8 Å². The lowest BCUT2D eigenvalue weighted by molar-refractivity contribution is 0.102. The Bertz CT molecular complexity index is 1130. The first-order valence-corrected chi connectivity index (χ1v) is 13.1. The SMILES string of the molecule is CC(C)(C)c1ccc(NC(=O)c2cccnc2NCc2ccncc2)cc1CCCC1CCCNC1. The first kappa shape index (κ1) is 25.8. The maximum Gasteiger partial charge on any atom is 0.259 e. The van der Waals surface area contributed by atoms with Crippen LogP contribution in [-0.4, -0.2) is 29.0 Å². The van der Waals surface area contributed by atoms with Gasteiger partial charge in [-0.15, -0.1) is 0 Å². The molecule has 1 amide bonds. The number of amides is 1. The summed E-state index contributed by atoms with van der Waals surface area (Å²) >= 11 is 0. The third-order valence-corrected chi connectivity index (χ3v) is 6.89.